The van der Waals surface area contributed by atoms with Gasteiger partial charge >= 0.3 is 11.9 Å². The molecule has 1 aliphatic heterocycles. The topological polar surface area (TPSA) is 277 Å². The van der Waals surface area contributed by atoms with E-state index < -0.39 is 24.0 Å². The van der Waals surface area contributed by atoms with Crippen molar-refractivity contribution in [3.8, 4) is 0 Å². The molecule has 0 aromatic carbocycles. The van der Waals surface area contributed by atoms with Gasteiger partial charge in [0.25, 0.3) is 0 Å². The zero-order valence-corrected chi connectivity index (χ0v) is 41.2. The van der Waals surface area contributed by atoms with Crippen LogP contribution in [-0.4, -0.2) is 167 Å². The van der Waals surface area contributed by atoms with E-state index >= 15 is 0 Å². The predicted octanol–water partition coefficient (Wildman–Crippen LogP) is 3.42. The first-order chi connectivity index (χ1) is 32.8. The molecule has 7 N–H and O–H groups in total. The normalized spacial score (nSPS) is 14.3. The van der Waals surface area contributed by atoms with Crippen LogP contribution in [0.4, 0.5) is 0 Å². The highest BCUT2D eigenvalue weighted by molar-refractivity contribution is 5.89. The SMILES string of the molecule is CNC(CCCCNC(=O)COCCOCCNC(=O)COCCOCCNC(=O)[C@@H]1CCCN1C(=O)CC[C@H](NC(=O)CCCCCCCCCCCCCCCCC(=O)O)C(=O)O)C(C)=O. The Labute approximate surface area is 404 Å². The van der Waals surface area contributed by atoms with E-state index in [-0.39, 0.29) is 133 Å². The lowest BCUT2D eigenvalue weighted by molar-refractivity contribution is -0.143. The number of hydrogen-bond donors (Lipinski definition) is 7. The smallest absolute Gasteiger partial charge is 0.326 e. The molecule has 20 nitrogen and oxygen atoms in total. The molecule has 0 bridgehead atoms. The van der Waals surface area contributed by atoms with Crippen molar-refractivity contribution < 1.29 is 67.5 Å². The molecule has 1 unspecified atom stereocenters. The average molecular weight is 971 g/mol. The van der Waals surface area contributed by atoms with Crippen molar-refractivity contribution in [3.05, 3.63) is 0 Å². The van der Waals surface area contributed by atoms with Gasteiger partial charge in [0.15, 0.2) is 0 Å². The molecule has 1 fully saturated rings. The molecule has 1 heterocycles. The van der Waals surface area contributed by atoms with Gasteiger partial charge in [-0.3, -0.25) is 33.6 Å². The highest BCUT2D eigenvalue weighted by Gasteiger charge is 2.34. The monoisotopic (exact) mass is 971 g/mol. The van der Waals surface area contributed by atoms with Crippen LogP contribution in [0.1, 0.15) is 155 Å². The van der Waals surface area contributed by atoms with E-state index in [1.165, 1.54) is 43.4 Å². The molecule has 68 heavy (non-hydrogen) atoms. The van der Waals surface area contributed by atoms with E-state index in [2.05, 4.69) is 26.6 Å². The summed E-state index contributed by atoms with van der Waals surface area (Å²) in [5.41, 5.74) is 0. The molecule has 3 atom stereocenters. The third-order valence-electron chi connectivity index (χ3n) is 11.6. The summed E-state index contributed by atoms with van der Waals surface area (Å²) in [4.78, 5) is 97.7. The molecule has 0 saturated carbocycles. The Hall–Kier alpha value is -4.24. The number of carboxylic acids is 2. The van der Waals surface area contributed by atoms with Crippen molar-refractivity contribution >= 4 is 47.3 Å². The number of unbranched alkanes of at least 4 members (excludes halogenated alkanes) is 14. The van der Waals surface area contributed by atoms with Crippen LogP contribution in [0.15, 0.2) is 0 Å². The van der Waals surface area contributed by atoms with Crippen molar-refractivity contribution in [3.63, 3.8) is 0 Å². The zero-order chi connectivity index (χ0) is 50.0. The van der Waals surface area contributed by atoms with Crippen molar-refractivity contribution in [2.75, 3.05) is 86.1 Å². The minimum Gasteiger partial charge on any atom is -0.481 e. The standard InChI is InChI=1S/C48H86N6O14/c1-38(55)39(49-2)20-17-18-26-50-43(57)36-67-34-32-65-30-27-51-44(58)37-68-35-33-66-31-28-52-47(62)41-21-19-29-54(41)45(59)25-24-40(48(63)64)53-42(56)22-15-13-11-9-7-5-3-4-6-8-10-12-14-16-23-46(60)61/h39-41,49H,3-37H2,1-2H3,(H,50,57)(H,51,58)(H,52,62)(H,53,56)(H,60,61)(H,63,64)/t39?,40-,41-/m0/s1. The lowest BCUT2D eigenvalue weighted by Crippen LogP contribution is -2.47. The number of ketones is 1. The van der Waals surface area contributed by atoms with E-state index in [0.29, 0.717) is 32.4 Å². The van der Waals surface area contributed by atoms with Gasteiger partial charge in [-0.1, -0.05) is 77.0 Å². The number of carboxylic acid groups (broad SMARTS) is 2. The highest BCUT2D eigenvalue weighted by atomic mass is 16.5. The Morgan fingerprint density at radius 1 is 0.544 bits per heavy atom. The molecule has 5 amide bonds. The highest BCUT2D eigenvalue weighted by Crippen LogP contribution is 2.20. The number of likely N-dealkylation sites (tertiary alicyclic amines) is 1. The fraction of sp³-hybridized carbons (Fsp3) is 0.833. The third kappa shape index (κ3) is 34.1. The number of Topliss-reactive ketones (excluding diaryl/α,β-unsaturated/α-hetero) is 1. The number of aliphatic carboxylic acids is 2. The molecule has 20 heteroatoms. The maximum atomic E-state index is 13.1. The fourth-order valence-corrected chi connectivity index (χ4v) is 7.71. The van der Waals surface area contributed by atoms with Crippen LogP contribution in [0.2, 0.25) is 0 Å². The maximum Gasteiger partial charge on any atom is 0.326 e. The van der Waals surface area contributed by atoms with Crippen LogP contribution in [0.3, 0.4) is 0 Å². The summed E-state index contributed by atoms with van der Waals surface area (Å²) < 4.78 is 21.5. The van der Waals surface area contributed by atoms with Crippen LogP contribution >= 0.6 is 0 Å². The number of amides is 5. The third-order valence-corrected chi connectivity index (χ3v) is 11.6. The summed E-state index contributed by atoms with van der Waals surface area (Å²) in [5.74, 6) is -3.38. The minimum absolute atomic E-state index is 0.0743. The van der Waals surface area contributed by atoms with Crippen molar-refractivity contribution in [1.29, 1.82) is 0 Å². The van der Waals surface area contributed by atoms with Crippen LogP contribution < -0.4 is 26.6 Å². The largest absolute Gasteiger partial charge is 0.481 e. The number of nitrogens with zero attached hydrogens (tertiary/aromatic N) is 1. The minimum atomic E-state index is -1.21. The van der Waals surface area contributed by atoms with Gasteiger partial charge in [0.2, 0.25) is 29.5 Å². The zero-order valence-electron chi connectivity index (χ0n) is 41.2. The average Bonchev–Trinajstić information content (AvgIpc) is 3.81. The Kier molecular flexibility index (Phi) is 37.9. The molecule has 0 aromatic rings. The molecule has 0 aliphatic carbocycles. The van der Waals surface area contributed by atoms with Gasteiger partial charge in [0.05, 0.1) is 45.7 Å². The number of hydrogen-bond acceptors (Lipinski definition) is 13. The Balaban J connectivity index is 2.05. The Morgan fingerprint density at radius 3 is 1.56 bits per heavy atom. The molecule has 0 aromatic heterocycles. The Bertz CT molecular complexity index is 1440. The lowest BCUT2D eigenvalue weighted by Gasteiger charge is -2.24. The van der Waals surface area contributed by atoms with Gasteiger partial charge in [-0.25, -0.2) is 4.79 Å². The van der Waals surface area contributed by atoms with E-state index in [0.717, 1.165) is 64.2 Å². The summed E-state index contributed by atoms with van der Waals surface area (Å²) in [7, 11) is 1.75. The number of carbonyl (C=O) groups is 8. The number of carbonyl (C=O) groups excluding carboxylic acids is 6. The van der Waals surface area contributed by atoms with Crippen molar-refractivity contribution in [1.82, 2.24) is 31.5 Å². The maximum absolute atomic E-state index is 13.1. The fourth-order valence-electron chi connectivity index (χ4n) is 7.71. The van der Waals surface area contributed by atoms with E-state index in [9.17, 15) is 43.5 Å². The number of ether oxygens (including phenoxy) is 4. The quantitative estimate of drug-likeness (QED) is 0.0431. The number of likely N-dealkylation sites (N-methyl/N-ethyl adjacent to an activating group) is 1. The molecule has 1 saturated heterocycles. The first kappa shape index (κ1) is 61.8. The summed E-state index contributed by atoms with van der Waals surface area (Å²) in [6.07, 6.45) is 18.6. The van der Waals surface area contributed by atoms with Gasteiger partial charge < -0.3 is 60.6 Å². The van der Waals surface area contributed by atoms with Crippen molar-refractivity contribution in [2.24, 2.45) is 0 Å². The molecule has 0 radical (unpaired) electrons. The van der Waals surface area contributed by atoms with Crippen LogP contribution in [0.5, 0.6) is 0 Å². The van der Waals surface area contributed by atoms with E-state index in [1.807, 2.05) is 0 Å². The molecule has 0 spiro atoms. The summed E-state index contributed by atoms with van der Waals surface area (Å²) in [6, 6.07) is -2.02. The van der Waals surface area contributed by atoms with Gasteiger partial charge in [0.1, 0.15) is 31.1 Å². The number of nitrogens with one attached hydrogen (secondary N) is 5. The van der Waals surface area contributed by atoms with Crippen LogP contribution in [0.25, 0.3) is 0 Å². The second-order valence-electron chi connectivity index (χ2n) is 17.4. The van der Waals surface area contributed by atoms with E-state index in [4.69, 9.17) is 24.1 Å². The molecule has 1 aliphatic rings. The van der Waals surface area contributed by atoms with Gasteiger partial charge in [-0.05, 0) is 65.3 Å². The molecule has 392 valence electrons. The Morgan fingerprint density at radius 2 is 1.04 bits per heavy atom. The second-order valence-corrected chi connectivity index (χ2v) is 17.4. The second kappa shape index (κ2) is 41.7. The van der Waals surface area contributed by atoms with E-state index in [1.54, 1.807) is 14.0 Å². The van der Waals surface area contributed by atoms with Crippen LogP contribution in [0, 0.1) is 0 Å². The molecule has 1 rings (SSSR count). The van der Waals surface area contributed by atoms with Gasteiger partial charge in [-0.15, -0.1) is 0 Å². The number of rotatable bonds is 46. The summed E-state index contributed by atoms with van der Waals surface area (Å²) in [6.45, 7) is 3.97. The first-order valence-electron chi connectivity index (χ1n) is 25.2. The first-order valence-corrected chi connectivity index (χ1v) is 25.2. The van der Waals surface area contributed by atoms with Crippen LogP contribution in [-0.2, 0) is 57.3 Å². The molecular weight excluding hydrogens is 885 g/mol. The predicted molar refractivity (Wildman–Crippen MR) is 255 cm³/mol. The lowest BCUT2D eigenvalue weighted by atomic mass is 10.0. The summed E-state index contributed by atoms with van der Waals surface area (Å²) in [5, 5.41) is 32.1. The van der Waals surface area contributed by atoms with Gasteiger partial charge in [0, 0.05) is 45.4 Å². The van der Waals surface area contributed by atoms with Gasteiger partial charge in [-0.2, -0.15) is 0 Å². The molecular formula is C48H86N6O14. The van der Waals surface area contributed by atoms with Crippen molar-refractivity contribution in [2.45, 2.75) is 173 Å². The summed E-state index contributed by atoms with van der Waals surface area (Å²) >= 11 is 0.